The predicted octanol–water partition coefficient (Wildman–Crippen LogP) is 0.277. The second-order valence-electron chi connectivity index (χ2n) is 4.12. The van der Waals surface area contributed by atoms with E-state index in [9.17, 15) is 4.79 Å². The third-order valence-corrected chi connectivity index (χ3v) is 2.71. The number of ether oxygens (including phenoxy) is 2. The number of nitrogens with one attached hydrogen (secondary N) is 1. The molecule has 1 aromatic heterocycles. The van der Waals surface area contributed by atoms with E-state index in [1.807, 2.05) is 13.8 Å². The van der Waals surface area contributed by atoms with E-state index in [1.54, 1.807) is 4.90 Å². The SMILES string of the molecule is CCOCCN(CCOCC)C(=O)c1cncc(NN)n1. The number of nitrogens with two attached hydrogens (primary N) is 1. The summed E-state index contributed by atoms with van der Waals surface area (Å²) in [6.45, 7) is 6.93. The van der Waals surface area contributed by atoms with Crippen LogP contribution >= 0.6 is 0 Å². The quantitative estimate of drug-likeness (QED) is 0.363. The Bertz CT molecular complexity index is 420. The fraction of sp³-hybridized carbons (Fsp3) is 0.615. The first-order chi connectivity index (χ1) is 10.2. The van der Waals surface area contributed by atoms with E-state index < -0.39 is 0 Å². The van der Waals surface area contributed by atoms with E-state index in [0.717, 1.165) is 0 Å². The van der Waals surface area contributed by atoms with Gasteiger partial charge in [-0.3, -0.25) is 9.78 Å². The van der Waals surface area contributed by atoms with E-state index in [0.29, 0.717) is 45.3 Å². The molecule has 0 fully saturated rings. The van der Waals surface area contributed by atoms with E-state index in [2.05, 4.69) is 15.4 Å². The summed E-state index contributed by atoms with van der Waals surface area (Å²) >= 11 is 0. The molecule has 3 N–H and O–H groups in total. The number of hydrogen-bond acceptors (Lipinski definition) is 7. The van der Waals surface area contributed by atoms with Crippen LogP contribution in [0.5, 0.6) is 0 Å². The van der Waals surface area contributed by atoms with Gasteiger partial charge in [0.25, 0.3) is 5.91 Å². The van der Waals surface area contributed by atoms with Gasteiger partial charge in [0, 0.05) is 26.3 Å². The Morgan fingerprint density at radius 3 is 2.38 bits per heavy atom. The number of hydrogen-bond donors (Lipinski definition) is 2. The van der Waals surface area contributed by atoms with Gasteiger partial charge in [-0.05, 0) is 13.8 Å². The van der Waals surface area contributed by atoms with Crippen molar-refractivity contribution in [3.8, 4) is 0 Å². The molecule has 0 aliphatic rings. The first-order valence-electron chi connectivity index (χ1n) is 6.96. The van der Waals surface area contributed by atoms with Crippen molar-refractivity contribution < 1.29 is 14.3 Å². The summed E-state index contributed by atoms with van der Waals surface area (Å²) in [6.07, 6.45) is 2.86. The highest BCUT2D eigenvalue weighted by Gasteiger charge is 2.17. The number of nitrogen functional groups attached to an aromatic ring is 1. The van der Waals surface area contributed by atoms with Crippen molar-refractivity contribution in [2.45, 2.75) is 13.8 Å². The third-order valence-electron chi connectivity index (χ3n) is 2.71. The van der Waals surface area contributed by atoms with Gasteiger partial charge in [0.2, 0.25) is 0 Å². The normalized spacial score (nSPS) is 10.4. The van der Waals surface area contributed by atoms with Crippen molar-refractivity contribution in [1.82, 2.24) is 14.9 Å². The van der Waals surface area contributed by atoms with Crippen LogP contribution in [0.1, 0.15) is 24.3 Å². The molecule has 0 aromatic carbocycles. The topological polar surface area (TPSA) is 103 Å². The number of carbonyl (C=O) groups is 1. The second-order valence-corrected chi connectivity index (χ2v) is 4.12. The van der Waals surface area contributed by atoms with Crippen molar-refractivity contribution >= 4 is 11.7 Å². The molecule has 118 valence electrons. The molecule has 1 rings (SSSR count). The van der Waals surface area contributed by atoms with Crippen molar-refractivity contribution in [3.05, 3.63) is 18.1 Å². The Labute approximate surface area is 124 Å². The minimum Gasteiger partial charge on any atom is -0.380 e. The zero-order valence-corrected chi connectivity index (χ0v) is 12.5. The number of carbonyl (C=O) groups excluding carboxylic acids is 1. The molecule has 1 heterocycles. The predicted molar refractivity (Wildman–Crippen MR) is 78.7 cm³/mol. The van der Waals surface area contributed by atoms with Gasteiger partial charge < -0.3 is 19.8 Å². The summed E-state index contributed by atoms with van der Waals surface area (Å²) in [5.74, 6) is 5.39. The highest BCUT2D eigenvalue weighted by Crippen LogP contribution is 2.05. The third kappa shape index (κ3) is 6.03. The van der Waals surface area contributed by atoms with Crippen LogP contribution in [0.2, 0.25) is 0 Å². The largest absolute Gasteiger partial charge is 0.380 e. The van der Waals surface area contributed by atoms with Gasteiger partial charge in [-0.2, -0.15) is 0 Å². The van der Waals surface area contributed by atoms with E-state index >= 15 is 0 Å². The van der Waals surface area contributed by atoms with Crippen LogP contribution in [0.4, 0.5) is 5.82 Å². The fourth-order valence-corrected chi connectivity index (χ4v) is 1.65. The van der Waals surface area contributed by atoms with Crippen LogP contribution in [-0.4, -0.2) is 60.3 Å². The number of amides is 1. The molecule has 0 bridgehead atoms. The maximum absolute atomic E-state index is 12.4. The Morgan fingerprint density at radius 2 is 1.86 bits per heavy atom. The van der Waals surface area contributed by atoms with Gasteiger partial charge in [0.15, 0.2) is 5.82 Å². The van der Waals surface area contributed by atoms with Gasteiger partial charge in [-0.25, -0.2) is 10.8 Å². The monoisotopic (exact) mass is 297 g/mol. The molecule has 8 nitrogen and oxygen atoms in total. The van der Waals surface area contributed by atoms with Crippen LogP contribution < -0.4 is 11.3 Å². The average molecular weight is 297 g/mol. The number of rotatable bonds is 10. The van der Waals surface area contributed by atoms with Gasteiger partial charge in [-0.1, -0.05) is 0 Å². The maximum atomic E-state index is 12.4. The van der Waals surface area contributed by atoms with Crippen molar-refractivity contribution in [2.75, 3.05) is 44.9 Å². The van der Waals surface area contributed by atoms with Crippen LogP contribution in [0.3, 0.4) is 0 Å². The highest BCUT2D eigenvalue weighted by molar-refractivity contribution is 5.92. The lowest BCUT2D eigenvalue weighted by Crippen LogP contribution is -2.37. The highest BCUT2D eigenvalue weighted by atomic mass is 16.5. The van der Waals surface area contributed by atoms with Crippen molar-refractivity contribution in [2.24, 2.45) is 5.84 Å². The molecular weight excluding hydrogens is 274 g/mol. The lowest BCUT2D eigenvalue weighted by molar-refractivity contribution is 0.0545. The first kappa shape index (κ1) is 17.3. The molecule has 0 unspecified atom stereocenters. The smallest absolute Gasteiger partial charge is 0.274 e. The summed E-state index contributed by atoms with van der Waals surface area (Å²) in [7, 11) is 0. The Hall–Kier alpha value is -1.77. The van der Waals surface area contributed by atoms with Crippen molar-refractivity contribution in [3.63, 3.8) is 0 Å². The molecule has 1 aromatic rings. The summed E-state index contributed by atoms with van der Waals surface area (Å²) in [6, 6.07) is 0. The molecule has 21 heavy (non-hydrogen) atoms. The Balaban J connectivity index is 2.71. The minimum absolute atomic E-state index is 0.223. The molecule has 0 atom stereocenters. The van der Waals surface area contributed by atoms with E-state index in [-0.39, 0.29) is 11.6 Å². The lowest BCUT2D eigenvalue weighted by Gasteiger charge is -2.22. The van der Waals surface area contributed by atoms with Crippen LogP contribution in [-0.2, 0) is 9.47 Å². The van der Waals surface area contributed by atoms with Gasteiger partial charge in [0.05, 0.1) is 25.6 Å². The number of nitrogens with zero attached hydrogens (tertiary/aromatic N) is 3. The molecule has 0 aliphatic carbocycles. The zero-order valence-electron chi connectivity index (χ0n) is 12.5. The van der Waals surface area contributed by atoms with Crippen LogP contribution in [0, 0.1) is 0 Å². The minimum atomic E-state index is -0.223. The van der Waals surface area contributed by atoms with Gasteiger partial charge in [-0.15, -0.1) is 0 Å². The molecular formula is C13H23N5O3. The molecule has 0 saturated carbocycles. The van der Waals surface area contributed by atoms with Crippen LogP contribution in [0.25, 0.3) is 0 Å². The summed E-state index contributed by atoms with van der Waals surface area (Å²) in [5, 5.41) is 0. The van der Waals surface area contributed by atoms with Crippen LogP contribution in [0.15, 0.2) is 12.4 Å². The average Bonchev–Trinajstić information content (AvgIpc) is 2.53. The summed E-state index contributed by atoms with van der Waals surface area (Å²) in [5.41, 5.74) is 2.61. The number of aromatic nitrogens is 2. The Morgan fingerprint density at radius 1 is 1.24 bits per heavy atom. The molecule has 0 spiro atoms. The Kier molecular flexibility index (Phi) is 8.25. The molecule has 0 radical (unpaired) electrons. The first-order valence-corrected chi connectivity index (χ1v) is 6.96. The molecule has 1 amide bonds. The van der Waals surface area contributed by atoms with E-state index in [1.165, 1.54) is 12.4 Å². The summed E-state index contributed by atoms with van der Waals surface area (Å²) < 4.78 is 10.6. The van der Waals surface area contributed by atoms with E-state index in [4.69, 9.17) is 15.3 Å². The molecule has 0 aliphatic heterocycles. The lowest BCUT2D eigenvalue weighted by atomic mass is 10.3. The zero-order chi connectivity index (χ0) is 15.5. The van der Waals surface area contributed by atoms with Gasteiger partial charge in [0.1, 0.15) is 5.69 Å². The fourth-order valence-electron chi connectivity index (χ4n) is 1.65. The maximum Gasteiger partial charge on any atom is 0.274 e. The number of anilines is 1. The number of hydrazine groups is 1. The molecule has 8 heteroatoms. The second kappa shape index (κ2) is 10.0. The van der Waals surface area contributed by atoms with Crippen molar-refractivity contribution in [1.29, 1.82) is 0 Å². The molecule has 0 saturated heterocycles. The summed E-state index contributed by atoms with van der Waals surface area (Å²) in [4.78, 5) is 22.1. The van der Waals surface area contributed by atoms with Gasteiger partial charge >= 0.3 is 0 Å². The standard InChI is InChI=1S/C13H23N5O3/c1-3-20-7-5-18(6-8-21-4-2)13(19)11-9-15-10-12(16-11)17-14/h9-10H,3-8,14H2,1-2H3,(H,16,17).